The third-order valence-corrected chi connectivity index (χ3v) is 3.26. The summed E-state index contributed by atoms with van der Waals surface area (Å²) >= 11 is 0.0136. The molecule has 1 aromatic heterocycles. The molecule has 0 spiro atoms. The number of hydrogen-bond acceptors (Lipinski definition) is 3. The Morgan fingerprint density at radius 3 is 2.81 bits per heavy atom. The molecular formula is C9H12F3N3S. The SMILES string of the molecule is FC(F)(F)SCCn1cncc1C1CNC1. The largest absolute Gasteiger partial charge is 0.441 e. The quantitative estimate of drug-likeness (QED) is 0.885. The Hall–Kier alpha value is -0.690. The monoisotopic (exact) mass is 251 g/mol. The summed E-state index contributed by atoms with van der Waals surface area (Å²) in [4.78, 5) is 3.98. The minimum absolute atomic E-state index is 0.0136. The maximum absolute atomic E-state index is 11.9. The zero-order valence-corrected chi connectivity index (χ0v) is 9.31. The van der Waals surface area contributed by atoms with Gasteiger partial charge in [0.15, 0.2) is 0 Å². The Bertz CT molecular complexity index is 346. The van der Waals surface area contributed by atoms with Crippen LogP contribution in [0.2, 0.25) is 0 Å². The summed E-state index contributed by atoms with van der Waals surface area (Å²) in [6.07, 6.45) is 3.34. The molecule has 2 rings (SSSR count). The standard InChI is InChI=1S/C9H12F3N3S/c10-9(11,12)16-2-1-15-6-14-5-8(15)7-3-13-4-7/h5-7,13H,1-4H2. The zero-order valence-electron chi connectivity index (χ0n) is 8.50. The molecule has 0 aliphatic carbocycles. The van der Waals surface area contributed by atoms with Crippen LogP contribution in [0.5, 0.6) is 0 Å². The van der Waals surface area contributed by atoms with Crippen molar-refractivity contribution in [3.63, 3.8) is 0 Å². The Morgan fingerprint density at radius 1 is 1.50 bits per heavy atom. The van der Waals surface area contributed by atoms with Gasteiger partial charge in [-0.1, -0.05) is 0 Å². The molecule has 16 heavy (non-hydrogen) atoms. The van der Waals surface area contributed by atoms with Gasteiger partial charge in [-0.05, 0) is 11.8 Å². The maximum Gasteiger partial charge on any atom is 0.441 e. The molecule has 0 atom stereocenters. The molecule has 2 heterocycles. The van der Waals surface area contributed by atoms with Crippen LogP contribution in [0.15, 0.2) is 12.5 Å². The normalized spacial score (nSPS) is 17.4. The number of aromatic nitrogens is 2. The summed E-state index contributed by atoms with van der Waals surface area (Å²) in [6, 6.07) is 0. The minimum Gasteiger partial charge on any atom is -0.333 e. The maximum atomic E-state index is 11.9. The Morgan fingerprint density at radius 2 is 2.25 bits per heavy atom. The van der Waals surface area contributed by atoms with Crippen LogP contribution >= 0.6 is 11.8 Å². The average molecular weight is 251 g/mol. The zero-order chi connectivity index (χ0) is 11.6. The van der Waals surface area contributed by atoms with E-state index in [0.717, 1.165) is 18.8 Å². The van der Waals surface area contributed by atoms with E-state index in [0.29, 0.717) is 12.5 Å². The summed E-state index contributed by atoms with van der Waals surface area (Å²) in [7, 11) is 0. The van der Waals surface area contributed by atoms with Crippen molar-refractivity contribution in [1.82, 2.24) is 14.9 Å². The van der Waals surface area contributed by atoms with E-state index in [4.69, 9.17) is 0 Å². The molecule has 1 fully saturated rings. The van der Waals surface area contributed by atoms with E-state index in [1.54, 1.807) is 12.5 Å². The number of aryl methyl sites for hydroxylation is 1. The molecule has 0 unspecified atom stereocenters. The molecule has 3 nitrogen and oxygen atoms in total. The first kappa shape index (κ1) is 11.8. The molecule has 1 N–H and O–H groups in total. The van der Waals surface area contributed by atoms with Crippen molar-refractivity contribution in [3.8, 4) is 0 Å². The molecule has 0 bridgehead atoms. The highest BCUT2D eigenvalue weighted by Gasteiger charge is 2.28. The summed E-state index contributed by atoms with van der Waals surface area (Å²) < 4.78 is 37.7. The van der Waals surface area contributed by atoms with Gasteiger partial charge in [-0.3, -0.25) is 0 Å². The molecule has 1 saturated heterocycles. The minimum atomic E-state index is -4.14. The van der Waals surface area contributed by atoms with Crippen molar-refractivity contribution in [2.75, 3.05) is 18.8 Å². The molecule has 1 aliphatic rings. The van der Waals surface area contributed by atoms with Gasteiger partial charge in [0.2, 0.25) is 0 Å². The molecule has 90 valence electrons. The molecule has 0 aromatic carbocycles. The lowest BCUT2D eigenvalue weighted by Gasteiger charge is -2.27. The highest BCUT2D eigenvalue weighted by atomic mass is 32.2. The first-order valence-corrected chi connectivity index (χ1v) is 5.96. The number of hydrogen-bond donors (Lipinski definition) is 1. The van der Waals surface area contributed by atoms with E-state index < -0.39 is 5.51 Å². The van der Waals surface area contributed by atoms with Gasteiger partial charge < -0.3 is 9.88 Å². The number of nitrogens with zero attached hydrogens (tertiary/aromatic N) is 2. The second-order valence-electron chi connectivity index (χ2n) is 3.66. The number of thioether (sulfide) groups is 1. The van der Waals surface area contributed by atoms with E-state index in [2.05, 4.69) is 10.3 Å². The number of nitrogens with one attached hydrogen (secondary N) is 1. The van der Waals surface area contributed by atoms with E-state index >= 15 is 0 Å². The number of alkyl halides is 3. The second kappa shape index (κ2) is 4.67. The van der Waals surface area contributed by atoms with Gasteiger partial charge in [0, 0.05) is 43.2 Å². The van der Waals surface area contributed by atoms with Crippen LogP contribution in [0.1, 0.15) is 11.6 Å². The highest BCUT2D eigenvalue weighted by molar-refractivity contribution is 8.00. The first-order chi connectivity index (χ1) is 7.56. The first-order valence-electron chi connectivity index (χ1n) is 4.98. The highest BCUT2D eigenvalue weighted by Crippen LogP contribution is 2.30. The molecule has 7 heteroatoms. The van der Waals surface area contributed by atoms with Crippen molar-refractivity contribution in [2.24, 2.45) is 0 Å². The molecule has 0 radical (unpaired) electrons. The Kier molecular flexibility index (Phi) is 3.44. The molecule has 1 aromatic rings. The van der Waals surface area contributed by atoms with Crippen LogP contribution < -0.4 is 5.32 Å². The van der Waals surface area contributed by atoms with E-state index in [9.17, 15) is 13.2 Å². The van der Waals surface area contributed by atoms with Crippen LogP contribution in [0, 0.1) is 0 Å². The third kappa shape index (κ3) is 2.91. The van der Waals surface area contributed by atoms with Gasteiger partial charge >= 0.3 is 5.51 Å². The lowest BCUT2D eigenvalue weighted by atomic mass is 10.00. The van der Waals surface area contributed by atoms with Gasteiger partial charge in [-0.25, -0.2) is 4.98 Å². The fraction of sp³-hybridized carbons (Fsp3) is 0.667. The van der Waals surface area contributed by atoms with Crippen LogP contribution in [-0.4, -0.2) is 33.9 Å². The van der Waals surface area contributed by atoms with Gasteiger partial charge in [-0.2, -0.15) is 13.2 Å². The van der Waals surface area contributed by atoms with E-state index in [-0.39, 0.29) is 17.5 Å². The van der Waals surface area contributed by atoms with Gasteiger partial charge in [0.1, 0.15) is 0 Å². The van der Waals surface area contributed by atoms with Crippen molar-refractivity contribution < 1.29 is 13.2 Å². The molecule has 1 aliphatic heterocycles. The lowest BCUT2D eigenvalue weighted by molar-refractivity contribution is -0.0328. The topological polar surface area (TPSA) is 29.9 Å². The fourth-order valence-corrected chi connectivity index (χ4v) is 2.13. The molecule has 0 saturated carbocycles. The lowest BCUT2D eigenvalue weighted by Crippen LogP contribution is -2.41. The molecular weight excluding hydrogens is 239 g/mol. The number of rotatable bonds is 4. The van der Waals surface area contributed by atoms with Gasteiger partial charge in [0.25, 0.3) is 0 Å². The summed E-state index contributed by atoms with van der Waals surface area (Å²) in [5.41, 5.74) is -3.11. The fourth-order valence-electron chi connectivity index (χ4n) is 1.62. The number of imidazole rings is 1. The van der Waals surface area contributed by atoms with Gasteiger partial charge in [-0.15, -0.1) is 0 Å². The van der Waals surface area contributed by atoms with Crippen LogP contribution in [-0.2, 0) is 6.54 Å². The van der Waals surface area contributed by atoms with Crippen molar-refractivity contribution in [2.45, 2.75) is 18.0 Å². The Balaban J connectivity index is 1.87. The smallest absolute Gasteiger partial charge is 0.333 e. The average Bonchev–Trinajstić information content (AvgIpc) is 2.48. The predicted molar refractivity (Wildman–Crippen MR) is 56.4 cm³/mol. The van der Waals surface area contributed by atoms with Crippen molar-refractivity contribution in [3.05, 3.63) is 18.2 Å². The predicted octanol–water partition coefficient (Wildman–Crippen LogP) is 1.82. The second-order valence-corrected chi connectivity index (χ2v) is 4.82. The summed E-state index contributed by atoms with van der Waals surface area (Å²) in [6.45, 7) is 2.13. The Labute approximate surface area is 95.4 Å². The molecule has 0 amide bonds. The van der Waals surface area contributed by atoms with Crippen molar-refractivity contribution >= 4 is 11.8 Å². The van der Waals surface area contributed by atoms with Crippen LogP contribution in [0.25, 0.3) is 0 Å². The van der Waals surface area contributed by atoms with Crippen LogP contribution in [0.4, 0.5) is 13.2 Å². The van der Waals surface area contributed by atoms with E-state index in [1.807, 2.05) is 4.57 Å². The van der Waals surface area contributed by atoms with Gasteiger partial charge in [0.05, 0.1) is 6.33 Å². The number of halogens is 3. The van der Waals surface area contributed by atoms with Crippen LogP contribution in [0.3, 0.4) is 0 Å². The van der Waals surface area contributed by atoms with E-state index in [1.165, 1.54) is 0 Å². The summed E-state index contributed by atoms with van der Waals surface area (Å²) in [5.74, 6) is 0.436. The summed E-state index contributed by atoms with van der Waals surface area (Å²) in [5, 5.41) is 3.13. The van der Waals surface area contributed by atoms with Crippen molar-refractivity contribution in [1.29, 1.82) is 0 Å². The third-order valence-electron chi connectivity index (χ3n) is 2.54.